The Balaban J connectivity index is 1.68. The monoisotopic (exact) mass is 471 g/mol. The molecule has 2 aromatic heterocycles. The number of imidazole rings is 1. The number of Topliss-reactive ketones (excluding diaryl/α,β-unsaturated/α-hetero) is 1. The predicted molar refractivity (Wildman–Crippen MR) is 131 cm³/mol. The molecule has 178 valence electrons. The van der Waals surface area contributed by atoms with Gasteiger partial charge in [-0.3, -0.25) is 14.5 Å². The maximum atomic E-state index is 13.3. The smallest absolute Gasteiger partial charge is 0.302 e. The summed E-state index contributed by atoms with van der Waals surface area (Å²) < 4.78 is 11.6. The second kappa shape index (κ2) is 8.47. The van der Waals surface area contributed by atoms with Crippen LogP contribution in [-0.2, 0) is 9.59 Å². The molecule has 4 aromatic rings. The van der Waals surface area contributed by atoms with E-state index in [1.807, 2.05) is 39.0 Å². The van der Waals surface area contributed by atoms with Crippen LogP contribution in [0, 0.1) is 13.8 Å². The highest BCUT2D eigenvalue weighted by atomic mass is 16.5. The number of ether oxygens (including phenoxy) is 1. The number of anilines is 1. The lowest BCUT2D eigenvalue weighted by molar-refractivity contribution is -0.132. The molecule has 1 aliphatic rings. The third-order valence-electron chi connectivity index (χ3n) is 5.81. The lowest BCUT2D eigenvalue weighted by Gasteiger charge is -2.20. The summed E-state index contributed by atoms with van der Waals surface area (Å²) >= 11 is 0. The zero-order valence-electron chi connectivity index (χ0n) is 19.8. The number of carbonyl (C=O) groups excluding carboxylic acids is 2. The Morgan fingerprint density at radius 3 is 2.63 bits per heavy atom. The van der Waals surface area contributed by atoms with Crippen molar-refractivity contribution >= 4 is 34.4 Å². The maximum absolute atomic E-state index is 13.3. The van der Waals surface area contributed by atoms with E-state index in [0.29, 0.717) is 28.4 Å². The molecule has 0 aliphatic carbocycles. The van der Waals surface area contributed by atoms with Crippen molar-refractivity contribution in [1.82, 2.24) is 9.97 Å². The number of nitrogens with one attached hydrogen (secondary N) is 1. The molecule has 8 heteroatoms. The first-order valence-electron chi connectivity index (χ1n) is 11.3. The van der Waals surface area contributed by atoms with Gasteiger partial charge in [0.15, 0.2) is 0 Å². The number of aliphatic hydroxyl groups excluding tert-OH is 1. The van der Waals surface area contributed by atoms with Gasteiger partial charge in [0.05, 0.1) is 22.7 Å². The Bertz CT molecular complexity index is 1490. The largest absolute Gasteiger partial charge is 0.507 e. The number of furan rings is 1. The molecule has 1 unspecified atom stereocenters. The molecule has 1 atom stereocenters. The third kappa shape index (κ3) is 3.97. The van der Waals surface area contributed by atoms with Crippen LogP contribution < -0.4 is 9.64 Å². The van der Waals surface area contributed by atoms with Crippen molar-refractivity contribution in [3.8, 4) is 5.75 Å². The second-order valence-electron chi connectivity index (χ2n) is 8.89. The number of nitrogens with zero attached hydrogens (tertiary/aromatic N) is 2. The quantitative estimate of drug-likeness (QED) is 0.236. The van der Waals surface area contributed by atoms with Crippen molar-refractivity contribution in [2.24, 2.45) is 0 Å². The topological polar surface area (TPSA) is 109 Å². The van der Waals surface area contributed by atoms with E-state index >= 15 is 0 Å². The minimum Gasteiger partial charge on any atom is -0.507 e. The first-order chi connectivity index (χ1) is 16.7. The summed E-state index contributed by atoms with van der Waals surface area (Å²) in [5, 5.41) is 11.3. The molecule has 1 fully saturated rings. The number of aromatic nitrogens is 2. The molecule has 35 heavy (non-hydrogen) atoms. The van der Waals surface area contributed by atoms with Gasteiger partial charge in [0.1, 0.15) is 29.1 Å². The molecular formula is C27H25N3O5. The number of hydrogen-bond donors (Lipinski definition) is 2. The fourth-order valence-corrected chi connectivity index (χ4v) is 4.29. The van der Waals surface area contributed by atoms with Gasteiger partial charge < -0.3 is 19.2 Å². The molecule has 1 aliphatic heterocycles. The van der Waals surface area contributed by atoms with Gasteiger partial charge in [0, 0.05) is 5.56 Å². The van der Waals surface area contributed by atoms with Crippen molar-refractivity contribution in [2.45, 2.75) is 39.8 Å². The molecule has 2 N–H and O–H groups in total. The Hall–Kier alpha value is -4.33. The summed E-state index contributed by atoms with van der Waals surface area (Å²) in [7, 11) is 0. The van der Waals surface area contributed by atoms with Crippen LogP contribution in [0.15, 0.2) is 64.6 Å². The average molecular weight is 472 g/mol. The molecule has 0 spiro atoms. The highest BCUT2D eigenvalue weighted by molar-refractivity contribution is 6.51. The van der Waals surface area contributed by atoms with Crippen molar-refractivity contribution in [3.63, 3.8) is 0 Å². The number of H-pyrrole nitrogens is 1. The van der Waals surface area contributed by atoms with Gasteiger partial charge in [-0.15, -0.1) is 0 Å². The summed E-state index contributed by atoms with van der Waals surface area (Å²) in [5.41, 5.74) is 2.68. The van der Waals surface area contributed by atoms with E-state index in [-0.39, 0.29) is 23.4 Å². The number of benzene rings is 2. The highest BCUT2D eigenvalue weighted by Gasteiger charge is 2.49. The molecule has 8 nitrogen and oxygen atoms in total. The Morgan fingerprint density at radius 2 is 1.91 bits per heavy atom. The maximum Gasteiger partial charge on any atom is 0.302 e. The molecule has 1 amide bonds. The van der Waals surface area contributed by atoms with E-state index < -0.39 is 17.7 Å². The van der Waals surface area contributed by atoms with Crippen LogP contribution in [0.3, 0.4) is 0 Å². The van der Waals surface area contributed by atoms with Gasteiger partial charge in [0.25, 0.3) is 5.78 Å². The van der Waals surface area contributed by atoms with Crippen molar-refractivity contribution in [2.75, 3.05) is 4.90 Å². The lowest BCUT2D eigenvalue weighted by atomic mass is 9.99. The van der Waals surface area contributed by atoms with E-state index in [1.165, 1.54) is 4.90 Å². The zero-order valence-corrected chi connectivity index (χ0v) is 19.8. The first-order valence-corrected chi connectivity index (χ1v) is 11.3. The van der Waals surface area contributed by atoms with E-state index in [9.17, 15) is 14.7 Å². The van der Waals surface area contributed by atoms with Crippen LogP contribution in [0.25, 0.3) is 16.8 Å². The number of aromatic amines is 1. The number of amides is 1. The summed E-state index contributed by atoms with van der Waals surface area (Å²) in [6.45, 7) is 7.51. The summed E-state index contributed by atoms with van der Waals surface area (Å²) in [6, 6.07) is 14.9. The van der Waals surface area contributed by atoms with Gasteiger partial charge >= 0.3 is 5.91 Å². The normalized spacial score (nSPS) is 17.6. The lowest BCUT2D eigenvalue weighted by Crippen LogP contribution is -2.30. The SMILES string of the molecule is Cc1ccc2nc(N3C(=O)C(=O)/C(=C(/O)c4cccc(OC(C)C)c4)C3c3ccc(C)o3)[nH]c2c1. The van der Waals surface area contributed by atoms with Crippen molar-refractivity contribution < 1.29 is 23.8 Å². The summed E-state index contributed by atoms with van der Waals surface area (Å²) in [4.78, 5) is 35.5. The summed E-state index contributed by atoms with van der Waals surface area (Å²) in [6.07, 6.45) is -0.0687. The van der Waals surface area contributed by atoms with Crippen molar-refractivity contribution in [1.29, 1.82) is 0 Å². The molecular weight excluding hydrogens is 446 g/mol. The number of ketones is 1. The number of rotatable bonds is 5. The molecule has 5 rings (SSSR count). The molecule has 1 saturated heterocycles. The van der Waals surface area contributed by atoms with Crippen LogP contribution in [0.1, 0.15) is 42.5 Å². The number of carbonyl (C=O) groups is 2. The molecule has 0 bridgehead atoms. The number of aliphatic hydroxyl groups is 1. The zero-order chi connectivity index (χ0) is 24.9. The van der Waals surface area contributed by atoms with Crippen LogP contribution in [0.2, 0.25) is 0 Å². The second-order valence-corrected chi connectivity index (χ2v) is 8.89. The standard InChI is InChI=1S/C27H25N3O5/c1-14(2)34-18-7-5-6-17(13-18)24(31)22-23(21-11-9-16(4)35-21)30(26(33)25(22)32)27-28-19-10-8-15(3)12-20(19)29-27/h5-14,23,31H,1-4H3,(H,28,29)/b24-22+. The fraction of sp³-hybridized carbons (Fsp3) is 0.222. The van der Waals surface area contributed by atoms with Crippen LogP contribution in [-0.4, -0.2) is 32.9 Å². The van der Waals surface area contributed by atoms with Gasteiger partial charge in [-0.2, -0.15) is 0 Å². The highest BCUT2D eigenvalue weighted by Crippen LogP contribution is 2.42. The Morgan fingerprint density at radius 1 is 1.11 bits per heavy atom. The molecule has 0 radical (unpaired) electrons. The van der Waals surface area contributed by atoms with E-state index in [4.69, 9.17) is 9.15 Å². The van der Waals surface area contributed by atoms with Crippen LogP contribution in [0.5, 0.6) is 5.75 Å². The van der Waals surface area contributed by atoms with Crippen molar-refractivity contribution in [3.05, 3.63) is 82.8 Å². The van der Waals surface area contributed by atoms with Gasteiger partial charge in [-0.25, -0.2) is 4.98 Å². The minimum absolute atomic E-state index is 0.0687. The minimum atomic E-state index is -1.000. The molecule has 0 saturated carbocycles. The third-order valence-corrected chi connectivity index (χ3v) is 5.81. The Labute approximate surface area is 201 Å². The van der Waals surface area contributed by atoms with E-state index in [0.717, 1.165) is 11.1 Å². The Kier molecular flexibility index (Phi) is 5.43. The van der Waals surface area contributed by atoms with Gasteiger partial charge in [-0.1, -0.05) is 18.2 Å². The summed E-state index contributed by atoms with van der Waals surface area (Å²) in [5.74, 6) is -0.262. The number of hydrogen-bond acceptors (Lipinski definition) is 6. The van der Waals surface area contributed by atoms with E-state index in [1.54, 1.807) is 43.3 Å². The first kappa shape index (κ1) is 22.5. The van der Waals surface area contributed by atoms with Gasteiger partial charge in [-0.05, 0) is 69.7 Å². The van der Waals surface area contributed by atoms with Crippen LogP contribution in [0.4, 0.5) is 5.95 Å². The average Bonchev–Trinajstić information content (AvgIpc) is 3.49. The molecule has 3 heterocycles. The fourth-order valence-electron chi connectivity index (χ4n) is 4.29. The predicted octanol–water partition coefficient (Wildman–Crippen LogP) is 5.19. The van der Waals surface area contributed by atoms with Crippen LogP contribution >= 0.6 is 0 Å². The number of fused-ring (bicyclic) bond motifs is 1. The van der Waals surface area contributed by atoms with Gasteiger partial charge in [0.2, 0.25) is 5.95 Å². The molecule has 2 aromatic carbocycles. The number of aryl methyl sites for hydroxylation is 2. The van der Waals surface area contributed by atoms with E-state index in [2.05, 4.69) is 9.97 Å².